The molecule has 0 amide bonds. The van der Waals surface area contributed by atoms with Gasteiger partial charge < -0.3 is 14.9 Å². The number of aromatic nitrogens is 7. The monoisotopic (exact) mass is 434 g/mol. The van der Waals surface area contributed by atoms with Crippen molar-refractivity contribution in [1.29, 1.82) is 0 Å². The highest BCUT2D eigenvalue weighted by atomic mass is 32.2. The summed E-state index contributed by atoms with van der Waals surface area (Å²) >= 11 is 3.21. The summed E-state index contributed by atoms with van der Waals surface area (Å²) in [5.74, 6) is 1.27. The van der Waals surface area contributed by atoms with Crippen LogP contribution in [-0.2, 0) is 13.6 Å². The second-order valence-corrected chi connectivity index (χ2v) is 8.64. The van der Waals surface area contributed by atoms with Crippen LogP contribution in [-0.4, -0.2) is 39.8 Å². The number of nitrogen functional groups attached to an aromatic ring is 1. The molecule has 5 rings (SSSR count). The van der Waals surface area contributed by atoms with Crippen molar-refractivity contribution in [2.75, 3.05) is 11.5 Å². The molecule has 30 heavy (non-hydrogen) atoms. The Morgan fingerprint density at radius 2 is 2.00 bits per heavy atom. The van der Waals surface area contributed by atoms with Gasteiger partial charge in [-0.15, -0.1) is 0 Å². The van der Waals surface area contributed by atoms with Crippen molar-refractivity contribution in [1.82, 2.24) is 34.1 Å². The molecule has 2 N–H and O–H groups in total. The number of benzene rings is 1. The fourth-order valence-corrected chi connectivity index (χ4v) is 5.11. The van der Waals surface area contributed by atoms with Gasteiger partial charge in [0.1, 0.15) is 33.1 Å². The first-order valence-electron chi connectivity index (χ1n) is 9.29. The van der Waals surface area contributed by atoms with Gasteiger partial charge in [-0.1, -0.05) is 53.4 Å². The predicted molar refractivity (Wildman–Crippen MR) is 120 cm³/mol. The van der Waals surface area contributed by atoms with Gasteiger partial charge in [0.2, 0.25) is 0 Å². The molecular formula is C20H18N8S2. The molecule has 0 fully saturated rings. The van der Waals surface area contributed by atoms with E-state index in [0.29, 0.717) is 11.3 Å². The SMILES string of the molecule is Cn1c(SCCn2ccnc2)nc(-c2ccccc2)c1-c1nc2c(N)ncnc2s1. The van der Waals surface area contributed by atoms with Crippen molar-refractivity contribution in [2.24, 2.45) is 7.05 Å². The molecule has 8 nitrogen and oxygen atoms in total. The molecule has 0 aliphatic carbocycles. The number of hydrogen-bond acceptors (Lipinski definition) is 8. The minimum atomic E-state index is 0.390. The van der Waals surface area contributed by atoms with Crippen LogP contribution in [0.5, 0.6) is 0 Å². The molecule has 0 radical (unpaired) electrons. The maximum Gasteiger partial charge on any atom is 0.168 e. The Morgan fingerprint density at radius 3 is 2.77 bits per heavy atom. The Morgan fingerprint density at radius 1 is 1.13 bits per heavy atom. The fourth-order valence-electron chi connectivity index (χ4n) is 3.18. The number of imidazole rings is 2. The van der Waals surface area contributed by atoms with Gasteiger partial charge in [-0.3, -0.25) is 0 Å². The second-order valence-electron chi connectivity index (χ2n) is 6.60. The number of rotatable bonds is 6. The number of aryl methyl sites for hydroxylation is 1. The Balaban J connectivity index is 1.57. The van der Waals surface area contributed by atoms with Gasteiger partial charge in [0, 0.05) is 37.3 Å². The van der Waals surface area contributed by atoms with Gasteiger partial charge in [-0.2, -0.15) is 0 Å². The van der Waals surface area contributed by atoms with Gasteiger partial charge in [-0.05, 0) is 0 Å². The second kappa shape index (κ2) is 7.88. The lowest BCUT2D eigenvalue weighted by Crippen LogP contribution is -1.99. The fraction of sp³-hybridized carbons (Fsp3) is 0.150. The highest BCUT2D eigenvalue weighted by Gasteiger charge is 2.22. The smallest absolute Gasteiger partial charge is 0.168 e. The lowest BCUT2D eigenvalue weighted by molar-refractivity contribution is 0.760. The first kappa shape index (κ1) is 18.8. The van der Waals surface area contributed by atoms with Crippen LogP contribution in [0.15, 0.2) is 60.5 Å². The number of thioether (sulfide) groups is 1. The van der Waals surface area contributed by atoms with Crippen LogP contribution >= 0.6 is 23.1 Å². The van der Waals surface area contributed by atoms with E-state index in [1.54, 1.807) is 18.0 Å². The van der Waals surface area contributed by atoms with Crippen molar-refractivity contribution < 1.29 is 0 Å². The molecule has 0 aliphatic rings. The maximum absolute atomic E-state index is 6.01. The van der Waals surface area contributed by atoms with Crippen molar-refractivity contribution in [3.63, 3.8) is 0 Å². The normalized spacial score (nSPS) is 11.4. The molecule has 0 spiro atoms. The summed E-state index contributed by atoms with van der Waals surface area (Å²) in [5, 5.41) is 1.76. The summed E-state index contributed by atoms with van der Waals surface area (Å²) < 4.78 is 4.16. The van der Waals surface area contributed by atoms with E-state index in [1.165, 1.54) is 17.7 Å². The van der Waals surface area contributed by atoms with Crippen molar-refractivity contribution in [3.8, 4) is 22.0 Å². The highest BCUT2D eigenvalue weighted by Crippen LogP contribution is 2.38. The van der Waals surface area contributed by atoms with Crippen LogP contribution in [0.1, 0.15) is 0 Å². The lowest BCUT2D eigenvalue weighted by Gasteiger charge is -2.05. The molecule has 0 aliphatic heterocycles. The van der Waals surface area contributed by atoms with Gasteiger partial charge in [0.05, 0.1) is 6.33 Å². The quantitative estimate of drug-likeness (QED) is 0.406. The summed E-state index contributed by atoms with van der Waals surface area (Å²) in [5.41, 5.74) is 9.54. The largest absolute Gasteiger partial charge is 0.382 e. The van der Waals surface area contributed by atoms with Gasteiger partial charge in [0.25, 0.3) is 0 Å². The summed E-state index contributed by atoms with van der Waals surface area (Å²) in [7, 11) is 2.02. The predicted octanol–water partition coefficient (Wildman–Crippen LogP) is 3.72. The summed E-state index contributed by atoms with van der Waals surface area (Å²) in [6.45, 7) is 0.862. The van der Waals surface area contributed by atoms with E-state index in [-0.39, 0.29) is 0 Å². The zero-order chi connectivity index (χ0) is 20.5. The topological polar surface area (TPSA) is 100 Å². The van der Waals surface area contributed by atoms with E-state index in [4.69, 9.17) is 15.7 Å². The molecule has 1 aromatic carbocycles. The number of anilines is 1. The molecule has 0 saturated carbocycles. The lowest BCUT2D eigenvalue weighted by atomic mass is 10.1. The van der Waals surface area contributed by atoms with Crippen LogP contribution < -0.4 is 5.73 Å². The molecule has 0 saturated heterocycles. The zero-order valence-electron chi connectivity index (χ0n) is 16.1. The van der Waals surface area contributed by atoms with Crippen molar-refractivity contribution >= 4 is 39.3 Å². The first-order valence-corrected chi connectivity index (χ1v) is 11.1. The third-order valence-corrected chi connectivity index (χ3v) is 6.65. The van der Waals surface area contributed by atoms with E-state index >= 15 is 0 Å². The number of hydrogen-bond donors (Lipinski definition) is 1. The summed E-state index contributed by atoms with van der Waals surface area (Å²) in [4.78, 5) is 23.0. The van der Waals surface area contributed by atoms with E-state index in [0.717, 1.165) is 44.2 Å². The molecule has 5 aromatic rings. The van der Waals surface area contributed by atoms with Crippen LogP contribution in [0.3, 0.4) is 0 Å². The van der Waals surface area contributed by atoms with Crippen LogP contribution in [0, 0.1) is 0 Å². The highest BCUT2D eigenvalue weighted by molar-refractivity contribution is 7.99. The molecule has 4 heterocycles. The Hall–Kier alpha value is -3.24. The number of thiazole rings is 1. The van der Waals surface area contributed by atoms with Gasteiger partial charge >= 0.3 is 0 Å². The zero-order valence-corrected chi connectivity index (χ0v) is 17.8. The van der Waals surface area contributed by atoms with E-state index in [9.17, 15) is 0 Å². The van der Waals surface area contributed by atoms with Crippen LogP contribution in [0.25, 0.3) is 32.3 Å². The minimum Gasteiger partial charge on any atom is -0.382 e. The minimum absolute atomic E-state index is 0.390. The molecule has 0 bridgehead atoms. The third-order valence-electron chi connectivity index (χ3n) is 4.67. The average Bonchev–Trinajstić information content (AvgIpc) is 3.49. The van der Waals surface area contributed by atoms with Gasteiger partial charge in [0.15, 0.2) is 11.0 Å². The standard InChI is InChI=1S/C20H18N8S2/c1-27-16(19-25-15-17(21)23-11-24-18(15)30-19)14(13-5-3-2-4-6-13)26-20(27)29-10-9-28-8-7-22-12-28/h2-8,11-12H,9-10H2,1H3,(H2,21,23,24). The Labute approximate surface area is 180 Å². The Bertz CT molecular complexity index is 1290. The number of nitrogens with two attached hydrogens (primary N) is 1. The van der Waals surface area contributed by atoms with E-state index in [2.05, 4.69) is 36.2 Å². The average molecular weight is 435 g/mol. The maximum atomic E-state index is 6.01. The molecule has 4 aromatic heterocycles. The summed E-state index contributed by atoms with van der Waals surface area (Å²) in [6.07, 6.45) is 7.05. The summed E-state index contributed by atoms with van der Waals surface area (Å²) in [6, 6.07) is 10.2. The van der Waals surface area contributed by atoms with Gasteiger partial charge in [-0.25, -0.2) is 24.9 Å². The number of nitrogens with zero attached hydrogens (tertiary/aromatic N) is 7. The molecule has 0 unspecified atom stereocenters. The molecular weight excluding hydrogens is 416 g/mol. The van der Waals surface area contributed by atoms with Crippen molar-refractivity contribution in [3.05, 3.63) is 55.4 Å². The number of fused-ring (bicyclic) bond motifs is 1. The molecule has 0 atom stereocenters. The third kappa shape index (κ3) is 3.44. The van der Waals surface area contributed by atoms with Crippen LogP contribution in [0.2, 0.25) is 0 Å². The van der Waals surface area contributed by atoms with Crippen molar-refractivity contribution in [2.45, 2.75) is 11.7 Å². The first-order chi connectivity index (χ1) is 14.7. The van der Waals surface area contributed by atoms with E-state index < -0.39 is 0 Å². The van der Waals surface area contributed by atoms with Crippen LogP contribution in [0.4, 0.5) is 5.82 Å². The molecule has 150 valence electrons. The molecule has 10 heteroatoms. The Kier molecular flexibility index (Phi) is 4.93. The van der Waals surface area contributed by atoms with E-state index in [1.807, 2.05) is 37.8 Å².